The third-order valence-corrected chi connectivity index (χ3v) is 5.46. The number of aryl methyl sites for hydroxylation is 1. The topological polar surface area (TPSA) is 52.6 Å². The maximum absolute atomic E-state index is 14.0. The first kappa shape index (κ1) is 18.7. The molecule has 1 aromatic heterocycles. The van der Waals surface area contributed by atoms with Gasteiger partial charge < -0.3 is 14.7 Å². The number of piperidine rings is 1. The molecule has 0 bridgehead atoms. The first-order chi connectivity index (χ1) is 13.6. The molecule has 0 N–H and O–H groups in total. The smallest absolute Gasteiger partial charge is 0.272 e. The number of hydrogen-bond donors (Lipinski definition) is 0. The van der Waals surface area contributed by atoms with Gasteiger partial charge in [-0.05, 0) is 44.4 Å². The highest BCUT2D eigenvalue weighted by Gasteiger charge is 2.25. The van der Waals surface area contributed by atoms with Gasteiger partial charge in [-0.25, -0.2) is 14.4 Å². The zero-order chi connectivity index (χ0) is 19.5. The van der Waals surface area contributed by atoms with Gasteiger partial charge >= 0.3 is 0 Å². The lowest BCUT2D eigenvalue weighted by atomic mass is 10.1. The molecular weight excluding hydrogens is 357 g/mol. The van der Waals surface area contributed by atoms with Crippen LogP contribution < -0.4 is 9.80 Å². The number of benzene rings is 1. The summed E-state index contributed by atoms with van der Waals surface area (Å²) in [5.74, 6) is 0.366. The van der Waals surface area contributed by atoms with Crippen LogP contribution in [0.3, 0.4) is 0 Å². The molecule has 0 atom stereocenters. The standard InChI is InChI=1S/C21H26FN5O/c1-16-15-18(24-21(23-16)27-9-5-2-6-10-27)20(28)26-13-11-25(12-14-26)19-8-4-3-7-17(19)22/h3-4,7-8,15H,2,5-6,9-14H2,1H3. The van der Waals surface area contributed by atoms with Crippen LogP contribution in [-0.4, -0.2) is 60.0 Å². The molecule has 2 fully saturated rings. The number of nitrogens with zero attached hydrogens (tertiary/aromatic N) is 5. The Hall–Kier alpha value is -2.70. The van der Waals surface area contributed by atoms with E-state index in [1.54, 1.807) is 23.1 Å². The summed E-state index contributed by atoms with van der Waals surface area (Å²) in [4.78, 5) is 28.1. The Bertz CT molecular complexity index is 844. The van der Waals surface area contributed by atoms with Crippen LogP contribution in [0.2, 0.25) is 0 Å². The van der Waals surface area contributed by atoms with Gasteiger partial charge in [-0.2, -0.15) is 0 Å². The lowest BCUT2D eigenvalue weighted by molar-refractivity contribution is 0.0740. The largest absolute Gasteiger partial charge is 0.366 e. The van der Waals surface area contributed by atoms with E-state index in [0.717, 1.165) is 31.6 Å². The normalized spacial score (nSPS) is 17.7. The summed E-state index contributed by atoms with van der Waals surface area (Å²) in [5, 5.41) is 0. The molecule has 2 saturated heterocycles. The second kappa shape index (κ2) is 8.12. The van der Waals surface area contributed by atoms with Crippen molar-refractivity contribution in [3.8, 4) is 0 Å². The number of carbonyl (C=O) groups is 1. The first-order valence-electron chi connectivity index (χ1n) is 10.0. The molecule has 28 heavy (non-hydrogen) atoms. The molecule has 2 aromatic rings. The molecule has 0 unspecified atom stereocenters. The van der Waals surface area contributed by atoms with Crippen molar-refractivity contribution in [3.05, 3.63) is 47.5 Å². The summed E-state index contributed by atoms with van der Waals surface area (Å²) in [6.07, 6.45) is 3.51. The van der Waals surface area contributed by atoms with E-state index in [2.05, 4.69) is 14.9 Å². The monoisotopic (exact) mass is 383 g/mol. The molecule has 2 aliphatic rings. The van der Waals surface area contributed by atoms with Crippen molar-refractivity contribution in [1.82, 2.24) is 14.9 Å². The quantitative estimate of drug-likeness (QED) is 0.816. The van der Waals surface area contributed by atoms with E-state index in [9.17, 15) is 9.18 Å². The molecule has 1 amide bonds. The van der Waals surface area contributed by atoms with E-state index in [4.69, 9.17) is 0 Å². The molecule has 148 valence electrons. The Kier molecular flexibility index (Phi) is 5.41. The van der Waals surface area contributed by atoms with E-state index in [1.807, 2.05) is 17.9 Å². The van der Waals surface area contributed by atoms with Crippen molar-refractivity contribution in [2.75, 3.05) is 49.1 Å². The van der Waals surface area contributed by atoms with Crippen LogP contribution in [0.15, 0.2) is 30.3 Å². The van der Waals surface area contributed by atoms with E-state index >= 15 is 0 Å². The van der Waals surface area contributed by atoms with Gasteiger partial charge in [-0.1, -0.05) is 12.1 Å². The number of hydrogen-bond acceptors (Lipinski definition) is 5. The Balaban J connectivity index is 1.45. The Morgan fingerprint density at radius 1 is 0.929 bits per heavy atom. The third kappa shape index (κ3) is 3.93. The molecular formula is C21H26FN5O. The van der Waals surface area contributed by atoms with Crippen LogP contribution >= 0.6 is 0 Å². The lowest BCUT2D eigenvalue weighted by Crippen LogP contribution is -2.49. The van der Waals surface area contributed by atoms with Crippen molar-refractivity contribution in [2.45, 2.75) is 26.2 Å². The fraction of sp³-hybridized carbons (Fsp3) is 0.476. The van der Waals surface area contributed by atoms with Gasteiger partial charge in [0.05, 0.1) is 5.69 Å². The molecule has 0 radical (unpaired) electrons. The van der Waals surface area contributed by atoms with Crippen molar-refractivity contribution in [2.24, 2.45) is 0 Å². The van der Waals surface area contributed by atoms with Gasteiger partial charge in [0.15, 0.2) is 0 Å². The number of amides is 1. The number of aromatic nitrogens is 2. The van der Waals surface area contributed by atoms with E-state index in [-0.39, 0.29) is 11.7 Å². The minimum absolute atomic E-state index is 0.0723. The van der Waals surface area contributed by atoms with E-state index < -0.39 is 0 Å². The van der Waals surface area contributed by atoms with Gasteiger partial charge in [0, 0.05) is 45.0 Å². The molecule has 0 spiro atoms. The fourth-order valence-electron chi connectivity index (χ4n) is 3.92. The fourth-order valence-corrected chi connectivity index (χ4v) is 3.92. The van der Waals surface area contributed by atoms with Crippen LogP contribution in [0, 0.1) is 12.7 Å². The van der Waals surface area contributed by atoms with Crippen molar-refractivity contribution >= 4 is 17.5 Å². The van der Waals surface area contributed by atoms with Gasteiger partial charge in [0.1, 0.15) is 11.5 Å². The van der Waals surface area contributed by atoms with E-state index in [1.165, 1.54) is 12.5 Å². The summed E-state index contributed by atoms with van der Waals surface area (Å²) in [7, 11) is 0. The summed E-state index contributed by atoms with van der Waals surface area (Å²) in [6.45, 7) is 6.11. The maximum atomic E-state index is 14.0. The summed E-state index contributed by atoms with van der Waals surface area (Å²) in [5.41, 5.74) is 1.86. The number of anilines is 2. The average Bonchev–Trinajstić information content (AvgIpc) is 2.74. The van der Waals surface area contributed by atoms with Crippen molar-refractivity contribution < 1.29 is 9.18 Å². The van der Waals surface area contributed by atoms with E-state index in [0.29, 0.717) is 43.5 Å². The molecule has 4 rings (SSSR count). The van der Waals surface area contributed by atoms with Crippen molar-refractivity contribution in [1.29, 1.82) is 0 Å². The molecule has 0 saturated carbocycles. The van der Waals surface area contributed by atoms with Crippen LogP contribution in [-0.2, 0) is 0 Å². The molecule has 2 aliphatic heterocycles. The second-order valence-corrected chi connectivity index (χ2v) is 7.47. The number of rotatable bonds is 3. The zero-order valence-electron chi connectivity index (χ0n) is 16.3. The minimum atomic E-state index is -0.222. The van der Waals surface area contributed by atoms with Crippen LogP contribution in [0.5, 0.6) is 0 Å². The van der Waals surface area contributed by atoms with Gasteiger partial charge in [0.2, 0.25) is 5.95 Å². The van der Waals surface area contributed by atoms with Crippen LogP contribution in [0.1, 0.15) is 35.4 Å². The highest BCUT2D eigenvalue weighted by Crippen LogP contribution is 2.21. The summed E-state index contributed by atoms with van der Waals surface area (Å²) < 4.78 is 14.0. The Morgan fingerprint density at radius 2 is 1.64 bits per heavy atom. The number of halogens is 1. The molecule has 6 nitrogen and oxygen atoms in total. The van der Waals surface area contributed by atoms with Crippen LogP contribution in [0.4, 0.5) is 16.0 Å². The number of carbonyl (C=O) groups excluding carboxylic acids is 1. The number of piperazine rings is 1. The SMILES string of the molecule is Cc1cc(C(=O)N2CCN(c3ccccc3F)CC2)nc(N2CCCCC2)n1. The second-order valence-electron chi connectivity index (χ2n) is 7.47. The van der Waals surface area contributed by atoms with Gasteiger partial charge in [-0.3, -0.25) is 4.79 Å². The Morgan fingerprint density at radius 3 is 2.36 bits per heavy atom. The van der Waals surface area contributed by atoms with Gasteiger partial charge in [0.25, 0.3) is 5.91 Å². The predicted octanol–water partition coefficient (Wildman–Crippen LogP) is 2.88. The molecule has 1 aromatic carbocycles. The summed E-state index contributed by atoms with van der Waals surface area (Å²) >= 11 is 0. The van der Waals surface area contributed by atoms with Gasteiger partial charge in [-0.15, -0.1) is 0 Å². The zero-order valence-corrected chi connectivity index (χ0v) is 16.3. The third-order valence-electron chi connectivity index (χ3n) is 5.46. The molecule has 7 heteroatoms. The number of para-hydroxylation sites is 1. The molecule has 0 aliphatic carbocycles. The molecule has 3 heterocycles. The maximum Gasteiger partial charge on any atom is 0.272 e. The van der Waals surface area contributed by atoms with Crippen LogP contribution in [0.25, 0.3) is 0 Å². The highest BCUT2D eigenvalue weighted by molar-refractivity contribution is 5.93. The lowest BCUT2D eigenvalue weighted by Gasteiger charge is -2.36. The predicted molar refractivity (Wildman–Crippen MR) is 107 cm³/mol. The Labute approximate surface area is 165 Å². The first-order valence-corrected chi connectivity index (χ1v) is 10.0. The summed E-state index contributed by atoms with van der Waals surface area (Å²) in [6, 6.07) is 8.54. The van der Waals surface area contributed by atoms with Crippen molar-refractivity contribution in [3.63, 3.8) is 0 Å². The minimum Gasteiger partial charge on any atom is -0.366 e. The average molecular weight is 383 g/mol. The highest BCUT2D eigenvalue weighted by atomic mass is 19.1.